The number of esters is 1. The summed E-state index contributed by atoms with van der Waals surface area (Å²) in [5, 5.41) is 39.3. The molecule has 0 radical (unpaired) electrons. The SMILES string of the molecule is COC(=O)[C@@]1(O)C[C@@H](O)[C@H](O)C(OCc2ccsc2)=C1Cc1ccsc1. The molecule has 0 bridgehead atoms. The molecule has 3 atom stereocenters. The fraction of sp³-hybridized carbons (Fsp3) is 0.389. The predicted octanol–water partition coefficient (Wildman–Crippen LogP) is 1.85. The van der Waals surface area contributed by atoms with Crippen LogP contribution in [0.4, 0.5) is 0 Å². The second kappa shape index (κ2) is 7.89. The normalized spacial score (nSPS) is 26.0. The molecule has 2 aromatic rings. The molecule has 0 unspecified atom stereocenters. The van der Waals surface area contributed by atoms with Crippen LogP contribution in [0.1, 0.15) is 17.5 Å². The zero-order valence-electron chi connectivity index (χ0n) is 14.1. The smallest absolute Gasteiger partial charge is 0.342 e. The van der Waals surface area contributed by atoms with Crippen LogP contribution in [0.25, 0.3) is 0 Å². The minimum atomic E-state index is -2.06. The molecule has 0 saturated heterocycles. The van der Waals surface area contributed by atoms with E-state index in [1.807, 2.05) is 33.7 Å². The highest BCUT2D eigenvalue weighted by molar-refractivity contribution is 7.08. The van der Waals surface area contributed by atoms with E-state index in [0.29, 0.717) is 0 Å². The Bertz CT molecular complexity index is 768. The standard InChI is InChI=1S/C18H20O6S2/c1-23-17(21)18(22)7-14(19)15(20)16(24-8-12-3-5-26-10-12)13(18)6-11-2-4-25-9-11/h2-5,9-10,14-15,19-20,22H,6-8H2,1H3/t14-,15+,18-/m1/s1. The molecule has 1 aliphatic carbocycles. The third-order valence-corrected chi connectivity index (χ3v) is 5.86. The fourth-order valence-corrected chi connectivity index (χ4v) is 4.33. The summed E-state index contributed by atoms with van der Waals surface area (Å²) in [6.45, 7) is 0.160. The topological polar surface area (TPSA) is 96.2 Å². The van der Waals surface area contributed by atoms with E-state index in [0.717, 1.165) is 11.1 Å². The van der Waals surface area contributed by atoms with Gasteiger partial charge < -0.3 is 24.8 Å². The summed E-state index contributed by atoms with van der Waals surface area (Å²) < 4.78 is 10.5. The Morgan fingerprint density at radius 2 is 1.88 bits per heavy atom. The lowest BCUT2D eigenvalue weighted by Gasteiger charge is -2.38. The molecule has 8 heteroatoms. The van der Waals surface area contributed by atoms with E-state index < -0.39 is 23.8 Å². The Balaban J connectivity index is 2.02. The summed E-state index contributed by atoms with van der Waals surface area (Å²) >= 11 is 3.00. The number of aliphatic hydroxyl groups excluding tert-OH is 2. The van der Waals surface area contributed by atoms with Crippen LogP contribution in [0.15, 0.2) is 45.0 Å². The summed E-state index contributed by atoms with van der Waals surface area (Å²) in [5.41, 5.74) is -0.0751. The minimum Gasteiger partial charge on any atom is -0.490 e. The van der Waals surface area contributed by atoms with Crippen LogP contribution in [0, 0.1) is 0 Å². The molecule has 0 fully saturated rings. The molecule has 6 nitrogen and oxygen atoms in total. The van der Waals surface area contributed by atoms with Crippen molar-refractivity contribution in [2.75, 3.05) is 7.11 Å². The lowest BCUT2D eigenvalue weighted by Crippen LogP contribution is -2.53. The van der Waals surface area contributed by atoms with Gasteiger partial charge in [0.15, 0.2) is 5.60 Å². The molecule has 1 aliphatic rings. The highest BCUT2D eigenvalue weighted by atomic mass is 32.1. The van der Waals surface area contributed by atoms with Crippen molar-refractivity contribution in [1.29, 1.82) is 0 Å². The predicted molar refractivity (Wildman–Crippen MR) is 97.8 cm³/mol. The van der Waals surface area contributed by atoms with Gasteiger partial charge in [-0.3, -0.25) is 0 Å². The van der Waals surface area contributed by atoms with Gasteiger partial charge in [-0.2, -0.15) is 22.7 Å². The Morgan fingerprint density at radius 3 is 2.46 bits per heavy atom. The first-order valence-corrected chi connectivity index (χ1v) is 9.89. The molecule has 3 N–H and O–H groups in total. The summed E-state index contributed by atoms with van der Waals surface area (Å²) in [6, 6.07) is 3.74. The summed E-state index contributed by atoms with van der Waals surface area (Å²) in [7, 11) is 1.17. The van der Waals surface area contributed by atoms with E-state index in [9.17, 15) is 20.1 Å². The van der Waals surface area contributed by atoms with E-state index >= 15 is 0 Å². The molecule has 0 saturated carbocycles. The first-order valence-electron chi connectivity index (χ1n) is 8.01. The molecule has 26 heavy (non-hydrogen) atoms. The molecule has 0 aliphatic heterocycles. The Hall–Kier alpha value is -1.71. The van der Waals surface area contributed by atoms with E-state index in [1.165, 1.54) is 29.8 Å². The third-order valence-electron chi connectivity index (χ3n) is 4.39. The molecule has 140 valence electrons. The number of rotatable bonds is 6. The molecule has 0 spiro atoms. The molecular weight excluding hydrogens is 376 g/mol. The quantitative estimate of drug-likeness (QED) is 0.645. The van der Waals surface area contributed by atoms with Crippen LogP contribution in [-0.2, 0) is 27.3 Å². The Kier molecular flexibility index (Phi) is 5.79. The lowest BCUT2D eigenvalue weighted by atomic mass is 9.77. The van der Waals surface area contributed by atoms with Crippen LogP contribution in [0.3, 0.4) is 0 Å². The molecule has 0 aromatic carbocycles. The van der Waals surface area contributed by atoms with Crippen molar-refractivity contribution in [3.8, 4) is 0 Å². The zero-order valence-corrected chi connectivity index (χ0v) is 15.8. The van der Waals surface area contributed by atoms with Gasteiger partial charge in [0, 0.05) is 18.4 Å². The van der Waals surface area contributed by atoms with Gasteiger partial charge in [-0.1, -0.05) is 0 Å². The summed E-state index contributed by atoms with van der Waals surface area (Å²) in [4.78, 5) is 12.3. The van der Waals surface area contributed by atoms with Crippen LogP contribution in [0.2, 0.25) is 0 Å². The minimum absolute atomic E-state index is 0.0223. The molecule has 2 heterocycles. The largest absolute Gasteiger partial charge is 0.490 e. The fourth-order valence-electron chi connectivity index (χ4n) is 3.01. The molecule has 3 rings (SSSR count). The average molecular weight is 396 g/mol. The highest BCUT2D eigenvalue weighted by Gasteiger charge is 2.51. The van der Waals surface area contributed by atoms with Crippen molar-refractivity contribution in [2.24, 2.45) is 0 Å². The van der Waals surface area contributed by atoms with Crippen molar-refractivity contribution >= 4 is 28.6 Å². The van der Waals surface area contributed by atoms with Crippen molar-refractivity contribution in [2.45, 2.75) is 37.3 Å². The van der Waals surface area contributed by atoms with Gasteiger partial charge in [0.05, 0.1) is 13.2 Å². The number of thiophene rings is 2. The number of hydrogen-bond acceptors (Lipinski definition) is 8. The monoisotopic (exact) mass is 396 g/mol. The number of aliphatic hydroxyl groups is 3. The van der Waals surface area contributed by atoms with Gasteiger partial charge >= 0.3 is 5.97 Å². The third kappa shape index (κ3) is 3.70. The van der Waals surface area contributed by atoms with Crippen molar-refractivity contribution in [3.05, 3.63) is 56.1 Å². The van der Waals surface area contributed by atoms with Crippen LogP contribution in [0.5, 0.6) is 0 Å². The van der Waals surface area contributed by atoms with Gasteiger partial charge in [0.25, 0.3) is 0 Å². The van der Waals surface area contributed by atoms with E-state index in [4.69, 9.17) is 9.47 Å². The summed E-state index contributed by atoms with van der Waals surface area (Å²) in [5.74, 6) is -0.862. The zero-order chi connectivity index (χ0) is 18.7. The summed E-state index contributed by atoms with van der Waals surface area (Å²) in [6.07, 6.45) is -2.82. The maximum absolute atomic E-state index is 12.3. The number of hydrogen-bond donors (Lipinski definition) is 3. The van der Waals surface area contributed by atoms with E-state index in [-0.39, 0.29) is 30.8 Å². The second-order valence-corrected chi connectivity index (χ2v) is 7.70. The van der Waals surface area contributed by atoms with Crippen LogP contribution >= 0.6 is 22.7 Å². The Morgan fingerprint density at radius 1 is 1.23 bits per heavy atom. The van der Waals surface area contributed by atoms with Crippen molar-refractivity contribution in [1.82, 2.24) is 0 Å². The van der Waals surface area contributed by atoms with Gasteiger partial charge in [0.2, 0.25) is 0 Å². The average Bonchev–Trinajstić information content (AvgIpc) is 3.32. The van der Waals surface area contributed by atoms with Crippen molar-refractivity contribution < 1.29 is 29.6 Å². The number of ether oxygens (including phenoxy) is 2. The number of carbonyl (C=O) groups is 1. The number of carbonyl (C=O) groups excluding carboxylic acids is 1. The van der Waals surface area contributed by atoms with Gasteiger partial charge in [0.1, 0.15) is 18.5 Å². The second-order valence-electron chi connectivity index (χ2n) is 6.14. The lowest BCUT2D eigenvalue weighted by molar-refractivity contribution is -0.166. The molecular formula is C18H20O6S2. The van der Waals surface area contributed by atoms with E-state index in [2.05, 4.69) is 0 Å². The van der Waals surface area contributed by atoms with Crippen LogP contribution in [-0.4, -0.2) is 46.2 Å². The molecule has 2 aromatic heterocycles. The maximum Gasteiger partial charge on any atom is 0.342 e. The van der Waals surface area contributed by atoms with Crippen molar-refractivity contribution in [3.63, 3.8) is 0 Å². The van der Waals surface area contributed by atoms with Crippen LogP contribution < -0.4 is 0 Å². The first kappa shape index (κ1) is 19.1. The maximum atomic E-state index is 12.3. The molecule has 0 amide bonds. The number of methoxy groups -OCH3 is 1. The van der Waals surface area contributed by atoms with Gasteiger partial charge in [-0.25, -0.2) is 4.79 Å². The Labute approximate surface area is 158 Å². The highest BCUT2D eigenvalue weighted by Crippen LogP contribution is 2.38. The van der Waals surface area contributed by atoms with Gasteiger partial charge in [-0.05, 0) is 44.8 Å². The van der Waals surface area contributed by atoms with E-state index in [1.54, 1.807) is 0 Å². The first-order chi connectivity index (χ1) is 12.5. The van der Waals surface area contributed by atoms with Gasteiger partial charge in [-0.15, -0.1) is 0 Å².